The number of hydrogen-bond acceptors (Lipinski definition) is 4. The van der Waals surface area contributed by atoms with Crippen LogP contribution in [0, 0.1) is 6.92 Å². The van der Waals surface area contributed by atoms with Gasteiger partial charge in [-0.2, -0.15) is 0 Å². The van der Waals surface area contributed by atoms with Crippen molar-refractivity contribution in [2.24, 2.45) is 4.99 Å². The lowest BCUT2D eigenvalue weighted by molar-refractivity contribution is 0.0420. The van der Waals surface area contributed by atoms with Crippen LogP contribution in [0.3, 0.4) is 0 Å². The number of guanidine groups is 1. The van der Waals surface area contributed by atoms with Crippen LogP contribution in [0.25, 0.3) is 0 Å². The number of halogens is 1. The molecular formula is C20H35IN4O2. The molecule has 0 saturated carbocycles. The Kier molecular flexibility index (Phi) is 11.9. The molecule has 7 heteroatoms. The van der Waals surface area contributed by atoms with Crippen molar-refractivity contribution in [2.75, 3.05) is 54.1 Å². The summed E-state index contributed by atoms with van der Waals surface area (Å²) in [6, 6.07) is 9.01. The molecular weight excluding hydrogens is 455 g/mol. The maximum absolute atomic E-state index is 5.78. The molecule has 0 amide bonds. The molecule has 1 aromatic carbocycles. The zero-order valence-electron chi connectivity index (χ0n) is 17.0. The maximum Gasteiger partial charge on any atom is 0.191 e. The lowest BCUT2D eigenvalue weighted by atomic mass is 10.0. The summed E-state index contributed by atoms with van der Waals surface area (Å²) in [4.78, 5) is 6.54. The molecule has 0 radical (unpaired) electrons. The van der Waals surface area contributed by atoms with Crippen molar-refractivity contribution in [3.05, 3.63) is 35.4 Å². The predicted octanol–water partition coefficient (Wildman–Crippen LogP) is 2.58. The third-order valence-corrected chi connectivity index (χ3v) is 4.63. The van der Waals surface area contributed by atoms with E-state index < -0.39 is 0 Å². The van der Waals surface area contributed by atoms with Gasteiger partial charge in [-0.05, 0) is 39.4 Å². The minimum atomic E-state index is 0. The number of nitrogens with zero attached hydrogens (tertiary/aromatic N) is 2. The Bertz CT molecular complexity index is 545. The number of ether oxygens (including phenoxy) is 2. The zero-order chi connectivity index (χ0) is 18.8. The number of benzene rings is 1. The molecule has 0 aromatic heterocycles. The minimum Gasteiger partial charge on any atom is -0.379 e. The van der Waals surface area contributed by atoms with E-state index in [2.05, 4.69) is 65.8 Å². The zero-order valence-corrected chi connectivity index (χ0v) is 19.4. The summed E-state index contributed by atoms with van der Waals surface area (Å²) in [6.07, 6.45) is 2.25. The van der Waals surface area contributed by atoms with Gasteiger partial charge in [0.15, 0.2) is 5.96 Å². The highest BCUT2D eigenvalue weighted by molar-refractivity contribution is 14.0. The average Bonchev–Trinajstić information content (AvgIpc) is 3.14. The lowest BCUT2D eigenvalue weighted by Gasteiger charge is -2.26. The first-order valence-corrected chi connectivity index (χ1v) is 9.47. The smallest absolute Gasteiger partial charge is 0.191 e. The number of rotatable bonds is 9. The quantitative estimate of drug-likeness (QED) is 0.241. The number of nitrogens with one attached hydrogen (secondary N) is 2. The van der Waals surface area contributed by atoms with E-state index in [1.165, 1.54) is 11.1 Å². The van der Waals surface area contributed by atoms with E-state index in [4.69, 9.17) is 9.47 Å². The average molecular weight is 490 g/mol. The lowest BCUT2D eigenvalue weighted by Crippen LogP contribution is -2.42. The van der Waals surface area contributed by atoms with Crippen LogP contribution in [0.15, 0.2) is 29.3 Å². The van der Waals surface area contributed by atoms with Crippen LogP contribution in [0.4, 0.5) is 0 Å². The molecule has 6 nitrogen and oxygen atoms in total. The molecule has 154 valence electrons. The highest BCUT2D eigenvalue weighted by atomic mass is 127. The number of likely N-dealkylation sites (N-methyl/N-ethyl adjacent to an activating group) is 1. The molecule has 0 spiro atoms. The Morgan fingerprint density at radius 2 is 2.04 bits per heavy atom. The second-order valence-electron chi connectivity index (χ2n) is 6.98. The summed E-state index contributed by atoms with van der Waals surface area (Å²) >= 11 is 0. The standard InChI is InChI=1S/C20H34N4O2.HI/c1-16-6-8-17(9-7-16)19(24(3)4)14-23-20(21-2)22-11-5-12-26-18-10-13-25-15-18;/h6-9,18-19H,5,10-15H2,1-4H3,(H2,21,22,23);1H. The normalized spacial score (nSPS) is 18.3. The molecule has 0 bridgehead atoms. The third-order valence-electron chi connectivity index (χ3n) is 4.63. The summed E-state index contributed by atoms with van der Waals surface area (Å²) < 4.78 is 11.1. The number of aliphatic imine (C=N–C) groups is 1. The monoisotopic (exact) mass is 490 g/mol. The summed E-state index contributed by atoms with van der Waals surface area (Å²) in [7, 11) is 6.01. The largest absolute Gasteiger partial charge is 0.379 e. The molecule has 1 saturated heterocycles. The van der Waals surface area contributed by atoms with E-state index in [-0.39, 0.29) is 30.1 Å². The molecule has 2 unspecified atom stereocenters. The van der Waals surface area contributed by atoms with Crippen molar-refractivity contribution in [2.45, 2.75) is 31.9 Å². The van der Waals surface area contributed by atoms with Gasteiger partial charge in [0.2, 0.25) is 0 Å². The fourth-order valence-electron chi connectivity index (χ4n) is 2.97. The van der Waals surface area contributed by atoms with Crippen LogP contribution < -0.4 is 10.6 Å². The van der Waals surface area contributed by atoms with Gasteiger partial charge in [0.1, 0.15) is 0 Å². The highest BCUT2D eigenvalue weighted by Gasteiger charge is 2.16. The Labute approximate surface area is 181 Å². The first-order chi connectivity index (χ1) is 12.6. The minimum absolute atomic E-state index is 0. The van der Waals surface area contributed by atoms with E-state index in [1.807, 2.05) is 0 Å². The summed E-state index contributed by atoms with van der Waals surface area (Å²) in [5, 5.41) is 6.79. The Hall–Kier alpha value is -0.900. The molecule has 1 heterocycles. The van der Waals surface area contributed by atoms with Crippen LogP contribution in [0.2, 0.25) is 0 Å². The molecule has 1 aromatic rings. The molecule has 0 aliphatic carbocycles. The van der Waals surface area contributed by atoms with Crippen molar-refractivity contribution in [3.8, 4) is 0 Å². The Morgan fingerprint density at radius 1 is 1.30 bits per heavy atom. The molecule has 1 aliphatic heterocycles. The van der Waals surface area contributed by atoms with Gasteiger partial charge in [-0.3, -0.25) is 4.99 Å². The molecule has 2 rings (SSSR count). The first kappa shape index (κ1) is 24.1. The first-order valence-electron chi connectivity index (χ1n) is 9.47. The third kappa shape index (κ3) is 8.76. The molecule has 1 fully saturated rings. The van der Waals surface area contributed by atoms with E-state index >= 15 is 0 Å². The Morgan fingerprint density at radius 3 is 2.63 bits per heavy atom. The van der Waals surface area contributed by atoms with Gasteiger partial charge in [0.25, 0.3) is 0 Å². The SMILES string of the molecule is CN=C(NCCCOC1CCOC1)NCC(c1ccc(C)cc1)N(C)C.I. The van der Waals surface area contributed by atoms with Gasteiger partial charge in [0, 0.05) is 33.4 Å². The van der Waals surface area contributed by atoms with E-state index in [0.717, 1.165) is 51.7 Å². The molecule has 2 atom stereocenters. The maximum atomic E-state index is 5.78. The Balaban J connectivity index is 0.00000364. The van der Waals surface area contributed by atoms with Gasteiger partial charge in [0.05, 0.1) is 18.8 Å². The van der Waals surface area contributed by atoms with E-state index in [0.29, 0.717) is 6.04 Å². The topological polar surface area (TPSA) is 58.1 Å². The number of hydrogen-bond donors (Lipinski definition) is 2. The van der Waals surface area contributed by atoms with Crippen LogP contribution in [-0.4, -0.2) is 71.0 Å². The molecule has 2 N–H and O–H groups in total. The van der Waals surface area contributed by atoms with Crippen molar-refractivity contribution in [3.63, 3.8) is 0 Å². The fourth-order valence-corrected chi connectivity index (χ4v) is 2.97. The highest BCUT2D eigenvalue weighted by Crippen LogP contribution is 2.17. The summed E-state index contributed by atoms with van der Waals surface area (Å²) in [6.45, 7) is 6.06. The second kappa shape index (κ2) is 13.3. The van der Waals surface area contributed by atoms with Gasteiger partial charge in [-0.1, -0.05) is 29.8 Å². The molecule has 27 heavy (non-hydrogen) atoms. The van der Waals surface area contributed by atoms with E-state index in [9.17, 15) is 0 Å². The molecule has 1 aliphatic rings. The van der Waals surface area contributed by atoms with Crippen molar-refractivity contribution in [1.82, 2.24) is 15.5 Å². The summed E-state index contributed by atoms with van der Waals surface area (Å²) in [5.74, 6) is 0.827. The predicted molar refractivity (Wildman–Crippen MR) is 122 cm³/mol. The van der Waals surface area contributed by atoms with Gasteiger partial charge in [-0.25, -0.2) is 0 Å². The van der Waals surface area contributed by atoms with Crippen molar-refractivity contribution >= 4 is 29.9 Å². The van der Waals surface area contributed by atoms with E-state index in [1.54, 1.807) is 7.05 Å². The van der Waals surface area contributed by atoms with Crippen LogP contribution in [0.5, 0.6) is 0 Å². The van der Waals surface area contributed by atoms with Gasteiger partial charge >= 0.3 is 0 Å². The van der Waals surface area contributed by atoms with Crippen molar-refractivity contribution in [1.29, 1.82) is 0 Å². The number of aryl methyl sites for hydroxylation is 1. The van der Waals surface area contributed by atoms with Crippen LogP contribution in [0.1, 0.15) is 30.0 Å². The van der Waals surface area contributed by atoms with Gasteiger partial charge in [-0.15, -0.1) is 24.0 Å². The van der Waals surface area contributed by atoms with Crippen LogP contribution >= 0.6 is 24.0 Å². The second-order valence-corrected chi connectivity index (χ2v) is 6.98. The van der Waals surface area contributed by atoms with Crippen LogP contribution in [-0.2, 0) is 9.47 Å². The fraction of sp³-hybridized carbons (Fsp3) is 0.650. The van der Waals surface area contributed by atoms with Gasteiger partial charge < -0.3 is 25.0 Å². The van der Waals surface area contributed by atoms with Crippen molar-refractivity contribution < 1.29 is 9.47 Å². The summed E-state index contributed by atoms with van der Waals surface area (Å²) in [5.41, 5.74) is 2.58.